The van der Waals surface area contributed by atoms with Gasteiger partial charge in [0.15, 0.2) is 0 Å². The van der Waals surface area contributed by atoms with Gasteiger partial charge in [0.2, 0.25) is 0 Å². The summed E-state index contributed by atoms with van der Waals surface area (Å²) in [6, 6.07) is 12.6. The molecule has 2 N–H and O–H groups in total. The number of piperazine rings is 1. The highest BCUT2D eigenvalue weighted by Gasteiger charge is 2.33. The summed E-state index contributed by atoms with van der Waals surface area (Å²) < 4.78 is 13.8. The van der Waals surface area contributed by atoms with Crippen molar-refractivity contribution in [1.29, 1.82) is 0 Å². The molecule has 1 saturated heterocycles. The average Bonchev–Trinajstić information content (AvgIpc) is 2.78. The molecule has 0 amide bonds. The SMILES string of the molecule is CSc1ccc2c(c1)[C@@H]([NH+]1CC[NH+](C)CC1)Cc1ccc(F)cc1S2. The Kier molecular flexibility index (Phi) is 5.09. The summed E-state index contributed by atoms with van der Waals surface area (Å²) in [7, 11) is 2.29. The second-order valence-corrected chi connectivity index (χ2v) is 9.09. The minimum absolute atomic E-state index is 0.137. The Hall–Kier alpha value is -1.01. The van der Waals surface area contributed by atoms with Gasteiger partial charge < -0.3 is 9.80 Å². The Morgan fingerprint density at radius 3 is 2.60 bits per heavy atom. The third kappa shape index (κ3) is 3.61. The summed E-state index contributed by atoms with van der Waals surface area (Å²) in [5, 5.41) is 0. The van der Waals surface area contributed by atoms with Crippen molar-refractivity contribution in [1.82, 2.24) is 0 Å². The monoisotopic (exact) mass is 376 g/mol. The van der Waals surface area contributed by atoms with Crippen molar-refractivity contribution in [3.8, 4) is 0 Å². The van der Waals surface area contributed by atoms with E-state index in [4.69, 9.17) is 0 Å². The lowest BCUT2D eigenvalue weighted by Gasteiger charge is -2.33. The van der Waals surface area contributed by atoms with Gasteiger partial charge in [0, 0.05) is 26.7 Å². The summed E-state index contributed by atoms with van der Waals surface area (Å²) in [4.78, 5) is 7.02. The van der Waals surface area contributed by atoms with Crippen LogP contribution in [0.15, 0.2) is 51.1 Å². The van der Waals surface area contributed by atoms with Crippen molar-refractivity contribution in [2.75, 3.05) is 39.5 Å². The Labute approximate surface area is 157 Å². The van der Waals surface area contributed by atoms with Gasteiger partial charge >= 0.3 is 0 Å². The maximum Gasteiger partial charge on any atom is 0.127 e. The molecule has 0 aromatic heterocycles. The number of halogens is 1. The maximum absolute atomic E-state index is 13.8. The van der Waals surface area contributed by atoms with Crippen LogP contribution in [0.3, 0.4) is 0 Å². The molecule has 0 radical (unpaired) electrons. The number of nitrogens with one attached hydrogen (secondary N) is 2. The minimum Gasteiger partial charge on any atom is -0.328 e. The van der Waals surface area contributed by atoms with Crippen molar-refractivity contribution >= 4 is 23.5 Å². The normalized spacial score (nSPS) is 25.8. The van der Waals surface area contributed by atoms with Gasteiger partial charge in [-0.05, 0) is 42.2 Å². The molecule has 1 atom stereocenters. The predicted molar refractivity (Wildman–Crippen MR) is 103 cm³/mol. The molecular weight excluding hydrogens is 351 g/mol. The number of likely N-dealkylation sites (N-methyl/N-ethyl adjacent to an activating group) is 1. The lowest BCUT2D eigenvalue weighted by molar-refractivity contribution is -1.02. The van der Waals surface area contributed by atoms with Crippen LogP contribution >= 0.6 is 23.5 Å². The van der Waals surface area contributed by atoms with Crippen LogP contribution < -0.4 is 9.80 Å². The van der Waals surface area contributed by atoms with Crippen LogP contribution in [0.1, 0.15) is 17.2 Å². The lowest BCUT2D eigenvalue weighted by atomic mass is 9.96. The van der Waals surface area contributed by atoms with Crippen molar-refractivity contribution < 1.29 is 14.2 Å². The molecule has 0 aliphatic carbocycles. The zero-order chi connectivity index (χ0) is 17.4. The Bertz CT molecular complexity index is 772. The van der Waals surface area contributed by atoms with Crippen LogP contribution in [-0.2, 0) is 6.42 Å². The van der Waals surface area contributed by atoms with Crippen LogP contribution in [0.25, 0.3) is 0 Å². The molecule has 0 bridgehead atoms. The summed E-state index contributed by atoms with van der Waals surface area (Å²) in [6.45, 7) is 4.88. The fraction of sp³-hybridized carbons (Fsp3) is 0.400. The molecule has 2 aliphatic heterocycles. The Morgan fingerprint density at radius 1 is 1.04 bits per heavy atom. The van der Waals surface area contributed by atoms with Gasteiger partial charge in [0.1, 0.15) is 38.0 Å². The maximum atomic E-state index is 13.8. The zero-order valence-corrected chi connectivity index (χ0v) is 16.4. The van der Waals surface area contributed by atoms with Crippen LogP contribution in [0, 0.1) is 5.82 Å². The molecule has 2 heterocycles. The number of hydrogen-bond donors (Lipinski definition) is 2. The van der Waals surface area contributed by atoms with Crippen molar-refractivity contribution in [2.45, 2.75) is 27.1 Å². The summed E-state index contributed by atoms with van der Waals surface area (Å²) in [5.74, 6) is -0.137. The van der Waals surface area contributed by atoms with Crippen molar-refractivity contribution in [3.63, 3.8) is 0 Å². The minimum atomic E-state index is -0.137. The Balaban J connectivity index is 1.77. The molecule has 4 rings (SSSR count). The lowest BCUT2D eigenvalue weighted by Crippen LogP contribution is -3.27. The van der Waals surface area contributed by atoms with E-state index in [2.05, 4.69) is 31.5 Å². The fourth-order valence-electron chi connectivity index (χ4n) is 3.97. The van der Waals surface area contributed by atoms with Crippen molar-refractivity contribution in [2.24, 2.45) is 0 Å². The van der Waals surface area contributed by atoms with E-state index in [1.807, 2.05) is 6.07 Å². The first-order valence-corrected chi connectivity index (χ1v) is 11.0. The van der Waals surface area contributed by atoms with Gasteiger partial charge in [-0.3, -0.25) is 0 Å². The number of quaternary nitrogens is 2. The van der Waals surface area contributed by atoms with E-state index in [-0.39, 0.29) is 5.82 Å². The van der Waals surface area contributed by atoms with E-state index >= 15 is 0 Å². The number of rotatable bonds is 2. The van der Waals surface area contributed by atoms with Crippen molar-refractivity contribution in [3.05, 3.63) is 53.3 Å². The van der Waals surface area contributed by atoms with Gasteiger partial charge in [-0.25, -0.2) is 4.39 Å². The quantitative estimate of drug-likeness (QED) is 0.772. The molecule has 5 heteroatoms. The van der Waals surface area contributed by atoms with Gasteiger partial charge in [0.05, 0.1) is 7.05 Å². The molecule has 2 nitrogen and oxygen atoms in total. The smallest absolute Gasteiger partial charge is 0.127 e. The second-order valence-electron chi connectivity index (χ2n) is 7.13. The fourth-order valence-corrected chi connectivity index (χ4v) is 5.56. The predicted octanol–water partition coefficient (Wildman–Crippen LogP) is 1.71. The highest BCUT2D eigenvalue weighted by Crippen LogP contribution is 2.41. The first-order chi connectivity index (χ1) is 12.1. The first kappa shape index (κ1) is 17.4. The number of benzene rings is 2. The third-order valence-electron chi connectivity index (χ3n) is 5.50. The average molecular weight is 377 g/mol. The molecule has 0 unspecified atom stereocenters. The number of thioether (sulfide) groups is 1. The van der Waals surface area contributed by atoms with Crippen LogP contribution in [0.4, 0.5) is 4.39 Å². The van der Waals surface area contributed by atoms with Gasteiger partial charge in [-0.2, -0.15) is 0 Å². The summed E-state index contributed by atoms with van der Waals surface area (Å²) in [5.41, 5.74) is 2.74. The van der Waals surface area contributed by atoms with E-state index in [1.54, 1.807) is 45.5 Å². The third-order valence-corrected chi connectivity index (χ3v) is 7.42. The highest BCUT2D eigenvalue weighted by atomic mass is 32.2. The van der Waals surface area contributed by atoms with Gasteiger partial charge in [0.25, 0.3) is 0 Å². The second kappa shape index (κ2) is 7.31. The van der Waals surface area contributed by atoms with E-state index in [0.717, 1.165) is 11.3 Å². The summed E-state index contributed by atoms with van der Waals surface area (Å²) >= 11 is 3.54. The standard InChI is InChI=1S/C20H23FN2S2/c1-22-7-9-23(10-8-22)18-11-14-3-4-15(21)12-20(14)25-19-6-5-16(24-2)13-17(18)19/h3-6,12-13,18H,7-11H2,1-2H3/p+2/t18-/m0/s1. The van der Waals surface area contributed by atoms with E-state index in [1.165, 1.54) is 47.1 Å². The topological polar surface area (TPSA) is 8.88 Å². The molecule has 1 fully saturated rings. The van der Waals surface area contributed by atoms with Crippen LogP contribution in [0.5, 0.6) is 0 Å². The summed E-state index contributed by atoms with van der Waals surface area (Å²) in [6.07, 6.45) is 3.14. The molecule has 2 aromatic rings. The molecule has 25 heavy (non-hydrogen) atoms. The van der Waals surface area contributed by atoms with E-state index < -0.39 is 0 Å². The molecule has 2 aliphatic rings. The van der Waals surface area contributed by atoms with Gasteiger partial charge in [-0.15, -0.1) is 11.8 Å². The van der Waals surface area contributed by atoms with E-state index in [9.17, 15) is 4.39 Å². The van der Waals surface area contributed by atoms with Crippen LogP contribution in [-0.4, -0.2) is 39.5 Å². The zero-order valence-electron chi connectivity index (χ0n) is 14.8. The van der Waals surface area contributed by atoms with Crippen LogP contribution in [0.2, 0.25) is 0 Å². The largest absolute Gasteiger partial charge is 0.328 e. The number of fused-ring (bicyclic) bond motifs is 2. The first-order valence-electron chi connectivity index (χ1n) is 8.94. The Morgan fingerprint density at radius 2 is 1.84 bits per heavy atom. The molecule has 0 saturated carbocycles. The molecule has 132 valence electrons. The molecule has 2 aromatic carbocycles. The van der Waals surface area contributed by atoms with Gasteiger partial charge in [-0.1, -0.05) is 17.8 Å². The van der Waals surface area contributed by atoms with E-state index in [0.29, 0.717) is 6.04 Å². The highest BCUT2D eigenvalue weighted by molar-refractivity contribution is 7.99. The molecular formula is C20H25FN2S2+2. The molecule has 0 spiro atoms. The number of hydrogen-bond acceptors (Lipinski definition) is 2.